The summed E-state index contributed by atoms with van der Waals surface area (Å²) >= 11 is 0. The van der Waals surface area contributed by atoms with Gasteiger partial charge in [-0.05, 0) is 17.7 Å². The van der Waals surface area contributed by atoms with Gasteiger partial charge >= 0.3 is 5.97 Å². The van der Waals surface area contributed by atoms with Crippen molar-refractivity contribution in [1.29, 1.82) is 0 Å². The summed E-state index contributed by atoms with van der Waals surface area (Å²) in [7, 11) is 0. The van der Waals surface area contributed by atoms with Crippen LogP contribution < -0.4 is 0 Å². The number of aliphatic carboxylic acids is 1. The van der Waals surface area contributed by atoms with Crippen LogP contribution in [0.15, 0.2) is 24.3 Å². The third-order valence-electron chi connectivity index (χ3n) is 1.95. The van der Waals surface area contributed by atoms with E-state index in [4.69, 9.17) is 16.6 Å². The number of hydrogen-bond donors (Lipinski definition) is 3. The molecule has 78 valence electrons. The van der Waals surface area contributed by atoms with E-state index in [1.807, 2.05) is 0 Å². The van der Waals surface area contributed by atoms with Gasteiger partial charge in [-0.2, -0.15) is 0 Å². The Morgan fingerprint density at radius 3 is 2.60 bits per heavy atom. The SMILES string of the molecule is C#Cc1cccc(C(O)C(O)C(=O)O)c1. The summed E-state index contributed by atoms with van der Waals surface area (Å²) in [6.45, 7) is 0. The van der Waals surface area contributed by atoms with E-state index in [0.29, 0.717) is 5.56 Å². The van der Waals surface area contributed by atoms with Crippen molar-refractivity contribution in [2.75, 3.05) is 0 Å². The van der Waals surface area contributed by atoms with Crippen molar-refractivity contribution in [3.8, 4) is 12.3 Å². The van der Waals surface area contributed by atoms with E-state index in [-0.39, 0.29) is 5.56 Å². The summed E-state index contributed by atoms with van der Waals surface area (Å²) in [5.41, 5.74) is 0.796. The fraction of sp³-hybridized carbons (Fsp3) is 0.182. The number of aliphatic hydroxyl groups excluding tert-OH is 2. The third-order valence-corrected chi connectivity index (χ3v) is 1.95. The Labute approximate surface area is 86.8 Å². The molecule has 0 heterocycles. The van der Waals surface area contributed by atoms with Gasteiger partial charge < -0.3 is 15.3 Å². The number of terminal acetylenes is 1. The van der Waals surface area contributed by atoms with Crippen LogP contribution in [0.4, 0.5) is 0 Å². The smallest absolute Gasteiger partial charge is 0.335 e. The minimum absolute atomic E-state index is 0.278. The van der Waals surface area contributed by atoms with Crippen molar-refractivity contribution in [3.05, 3.63) is 35.4 Å². The third kappa shape index (κ3) is 2.56. The lowest BCUT2D eigenvalue weighted by Gasteiger charge is -2.14. The highest BCUT2D eigenvalue weighted by molar-refractivity contribution is 5.73. The minimum Gasteiger partial charge on any atom is -0.479 e. The normalized spacial score (nSPS) is 13.9. The second-order valence-corrected chi connectivity index (χ2v) is 3.00. The second-order valence-electron chi connectivity index (χ2n) is 3.00. The molecule has 0 aliphatic rings. The largest absolute Gasteiger partial charge is 0.479 e. The van der Waals surface area contributed by atoms with Crippen molar-refractivity contribution in [1.82, 2.24) is 0 Å². The zero-order valence-electron chi connectivity index (χ0n) is 7.79. The number of carbonyl (C=O) groups is 1. The molecule has 0 bridgehead atoms. The van der Waals surface area contributed by atoms with Crippen LogP contribution in [0.2, 0.25) is 0 Å². The molecule has 0 aliphatic heterocycles. The van der Waals surface area contributed by atoms with Gasteiger partial charge in [-0.3, -0.25) is 0 Å². The fourth-order valence-electron chi connectivity index (χ4n) is 1.13. The van der Waals surface area contributed by atoms with E-state index in [0.717, 1.165) is 0 Å². The molecule has 0 amide bonds. The van der Waals surface area contributed by atoms with E-state index in [1.54, 1.807) is 12.1 Å². The molecular weight excluding hydrogens is 196 g/mol. The van der Waals surface area contributed by atoms with Crippen molar-refractivity contribution in [2.45, 2.75) is 12.2 Å². The number of carboxylic acid groups (broad SMARTS) is 1. The van der Waals surface area contributed by atoms with Gasteiger partial charge in [0.05, 0.1) is 0 Å². The summed E-state index contributed by atoms with van der Waals surface area (Å²) in [4.78, 5) is 10.4. The minimum atomic E-state index is -1.85. The second kappa shape index (κ2) is 4.60. The van der Waals surface area contributed by atoms with E-state index < -0.39 is 18.2 Å². The average Bonchev–Trinajstić information content (AvgIpc) is 2.27. The number of benzene rings is 1. The molecule has 0 saturated carbocycles. The van der Waals surface area contributed by atoms with Gasteiger partial charge in [-0.25, -0.2) is 4.79 Å². The molecule has 1 aromatic rings. The predicted molar refractivity (Wildman–Crippen MR) is 53.0 cm³/mol. The summed E-state index contributed by atoms with van der Waals surface area (Å²) < 4.78 is 0. The highest BCUT2D eigenvalue weighted by Crippen LogP contribution is 2.18. The zero-order chi connectivity index (χ0) is 11.4. The van der Waals surface area contributed by atoms with Crippen molar-refractivity contribution in [3.63, 3.8) is 0 Å². The van der Waals surface area contributed by atoms with E-state index in [9.17, 15) is 9.90 Å². The first kappa shape index (κ1) is 11.2. The first-order valence-corrected chi connectivity index (χ1v) is 4.21. The Morgan fingerprint density at radius 1 is 1.40 bits per heavy atom. The Hall–Kier alpha value is -1.83. The molecule has 1 aromatic carbocycles. The van der Waals surface area contributed by atoms with Crippen LogP contribution >= 0.6 is 0 Å². The predicted octanol–water partition coefficient (Wildman–Crippen LogP) is 0.147. The topological polar surface area (TPSA) is 77.8 Å². The molecule has 0 saturated heterocycles. The number of carboxylic acids is 1. The number of rotatable bonds is 3. The Kier molecular flexibility index (Phi) is 3.45. The van der Waals surface area contributed by atoms with Gasteiger partial charge in [-0.15, -0.1) is 6.42 Å². The standard InChI is InChI=1S/C11H10O4/c1-2-7-4-3-5-8(6-7)9(12)10(13)11(14)15/h1,3-6,9-10,12-13H,(H,14,15). The van der Waals surface area contributed by atoms with Crippen LogP contribution in [-0.2, 0) is 4.79 Å². The Balaban J connectivity index is 2.96. The molecular formula is C11H10O4. The molecule has 0 fully saturated rings. The molecule has 0 spiro atoms. The van der Waals surface area contributed by atoms with Crippen LogP contribution in [0, 0.1) is 12.3 Å². The van der Waals surface area contributed by atoms with Crippen LogP contribution in [0.3, 0.4) is 0 Å². The average molecular weight is 206 g/mol. The fourth-order valence-corrected chi connectivity index (χ4v) is 1.13. The summed E-state index contributed by atoms with van der Waals surface area (Å²) in [5.74, 6) is 0.872. The zero-order valence-corrected chi connectivity index (χ0v) is 7.79. The van der Waals surface area contributed by atoms with E-state index in [1.165, 1.54) is 12.1 Å². The first-order valence-electron chi connectivity index (χ1n) is 4.21. The van der Waals surface area contributed by atoms with Crippen LogP contribution in [-0.4, -0.2) is 27.4 Å². The van der Waals surface area contributed by atoms with Gasteiger partial charge in [-0.1, -0.05) is 18.1 Å². The molecule has 15 heavy (non-hydrogen) atoms. The molecule has 2 atom stereocenters. The quantitative estimate of drug-likeness (QED) is 0.615. The molecule has 0 aliphatic carbocycles. The van der Waals surface area contributed by atoms with Crippen molar-refractivity contribution < 1.29 is 20.1 Å². The molecule has 2 unspecified atom stereocenters. The van der Waals surface area contributed by atoms with Gasteiger partial charge in [0, 0.05) is 5.56 Å². The maximum atomic E-state index is 10.4. The highest BCUT2D eigenvalue weighted by atomic mass is 16.4. The lowest BCUT2D eigenvalue weighted by atomic mass is 10.0. The lowest BCUT2D eigenvalue weighted by Crippen LogP contribution is -2.27. The van der Waals surface area contributed by atoms with Gasteiger partial charge in [0.1, 0.15) is 6.10 Å². The summed E-state index contributed by atoms with van der Waals surface area (Å²) in [6, 6.07) is 6.18. The summed E-state index contributed by atoms with van der Waals surface area (Å²) in [6.07, 6.45) is 1.82. The Morgan fingerprint density at radius 2 is 2.07 bits per heavy atom. The molecule has 0 aromatic heterocycles. The van der Waals surface area contributed by atoms with Crippen LogP contribution in [0.5, 0.6) is 0 Å². The number of aliphatic hydroxyl groups is 2. The van der Waals surface area contributed by atoms with E-state index in [2.05, 4.69) is 5.92 Å². The van der Waals surface area contributed by atoms with Crippen LogP contribution in [0.1, 0.15) is 17.2 Å². The lowest BCUT2D eigenvalue weighted by molar-refractivity contribution is -0.153. The van der Waals surface area contributed by atoms with Crippen molar-refractivity contribution >= 4 is 5.97 Å². The van der Waals surface area contributed by atoms with Gasteiger partial charge in [0.2, 0.25) is 0 Å². The molecule has 4 heteroatoms. The van der Waals surface area contributed by atoms with E-state index >= 15 is 0 Å². The molecule has 4 nitrogen and oxygen atoms in total. The van der Waals surface area contributed by atoms with Crippen LogP contribution in [0.25, 0.3) is 0 Å². The maximum Gasteiger partial charge on any atom is 0.335 e. The monoisotopic (exact) mass is 206 g/mol. The first-order chi connectivity index (χ1) is 7.06. The molecule has 1 rings (SSSR count). The van der Waals surface area contributed by atoms with Gasteiger partial charge in [0.25, 0.3) is 0 Å². The highest BCUT2D eigenvalue weighted by Gasteiger charge is 2.24. The molecule has 3 N–H and O–H groups in total. The van der Waals surface area contributed by atoms with Gasteiger partial charge in [0.15, 0.2) is 6.10 Å². The molecule has 0 radical (unpaired) electrons. The maximum absolute atomic E-state index is 10.4. The Bertz CT molecular complexity index is 405. The van der Waals surface area contributed by atoms with Crippen molar-refractivity contribution in [2.24, 2.45) is 0 Å². The summed E-state index contributed by atoms with van der Waals surface area (Å²) in [5, 5.41) is 27.1. The number of hydrogen-bond acceptors (Lipinski definition) is 3.